The second-order valence-corrected chi connectivity index (χ2v) is 8.03. The third kappa shape index (κ3) is 6.74. The number of nitrogens with one attached hydrogen (secondary N) is 3. The van der Waals surface area contributed by atoms with Gasteiger partial charge in [0.05, 0.1) is 4.90 Å². The van der Waals surface area contributed by atoms with Crippen molar-refractivity contribution in [3.05, 3.63) is 29.3 Å². The van der Waals surface area contributed by atoms with Crippen molar-refractivity contribution in [1.29, 1.82) is 0 Å². The quantitative estimate of drug-likeness (QED) is 0.253. The van der Waals surface area contributed by atoms with Gasteiger partial charge < -0.3 is 10.6 Å². The summed E-state index contributed by atoms with van der Waals surface area (Å²) in [6.45, 7) is 4.48. The fraction of sp³-hybridized carbons (Fsp3) is 0.588. The van der Waals surface area contributed by atoms with E-state index in [-0.39, 0.29) is 24.0 Å². The first-order valence-electron chi connectivity index (χ1n) is 8.46. The molecule has 1 aromatic carbocycles. The van der Waals surface area contributed by atoms with Crippen LogP contribution in [0.4, 0.5) is 0 Å². The van der Waals surface area contributed by atoms with Gasteiger partial charge in [-0.1, -0.05) is 25.0 Å². The molecule has 6 nitrogen and oxygen atoms in total. The molecule has 0 saturated heterocycles. The van der Waals surface area contributed by atoms with Crippen LogP contribution in [0.5, 0.6) is 0 Å². The van der Waals surface area contributed by atoms with Gasteiger partial charge in [-0.25, -0.2) is 13.1 Å². The van der Waals surface area contributed by atoms with E-state index in [4.69, 9.17) is 0 Å². The van der Waals surface area contributed by atoms with Crippen molar-refractivity contribution in [2.45, 2.75) is 50.5 Å². The number of aliphatic imine (C=N–C) groups is 1. The minimum absolute atomic E-state index is 0. The summed E-state index contributed by atoms with van der Waals surface area (Å²) >= 11 is 0. The van der Waals surface area contributed by atoms with Gasteiger partial charge in [-0.2, -0.15) is 0 Å². The Hall–Kier alpha value is -0.870. The van der Waals surface area contributed by atoms with Crippen LogP contribution < -0.4 is 15.4 Å². The maximum atomic E-state index is 12.4. The fourth-order valence-corrected chi connectivity index (χ4v) is 4.26. The second-order valence-electron chi connectivity index (χ2n) is 6.29. The molecule has 1 fully saturated rings. The molecule has 0 aliphatic heterocycles. The Balaban J connectivity index is 0.00000312. The average Bonchev–Trinajstić information content (AvgIpc) is 3.05. The van der Waals surface area contributed by atoms with E-state index in [2.05, 4.69) is 20.3 Å². The highest BCUT2D eigenvalue weighted by atomic mass is 127. The van der Waals surface area contributed by atoms with Crippen LogP contribution in [0.15, 0.2) is 28.1 Å². The largest absolute Gasteiger partial charge is 0.355 e. The highest BCUT2D eigenvalue weighted by Gasteiger charge is 2.17. The second kappa shape index (κ2) is 10.3. The molecule has 8 heteroatoms. The first-order chi connectivity index (χ1) is 11.4. The summed E-state index contributed by atoms with van der Waals surface area (Å²) < 4.78 is 27.5. The molecule has 0 aromatic heterocycles. The summed E-state index contributed by atoms with van der Waals surface area (Å²) in [7, 11) is -1.76. The van der Waals surface area contributed by atoms with E-state index in [1.54, 1.807) is 20.0 Å². The molecular formula is C17H29IN4O2S. The Morgan fingerprint density at radius 1 is 1.20 bits per heavy atom. The van der Waals surface area contributed by atoms with Crippen LogP contribution in [0, 0.1) is 13.8 Å². The molecule has 2 rings (SSSR count). The molecule has 0 radical (unpaired) electrons. The van der Waals surface area contributed by atoms with Gasteiger partial charge in [0.25, 0.3) is 0 Å². The molecule has 1 saturated carbocycles. The zero-order valence-electron chi connectivity index (χ0n) is 15.1. The van der Waals surface area contributed by atoms with Gasteiger partial charge in [0.1, 0.15) is 0 Å². The monoisotopic (exact) mass is 480 g/mol. The zero-order valence-corrected chi connectivity index (χ0v) is 18.3. The molecular weight excluding hydrogens is 451 g/mol. The number of benzene rings is 1. The third-order valence-electron chi connectivity index (χ3n) is 4.26. The van der Waals surface area contributed by atoms with Crippen LogP contribution in [0.2, 0.25) is 0 Å². The van der Waals surface area contributed by atoms with Crippen LogP contribution in [0.1, 0.15) is 36.8 Å². The first kappa shape index (κ1) is 22.2. The Morgan fingerprint density at radius 3 is 2.52 bits per heavy atom. The van der Waals surface area contributed by atoms with Gasteiger partial charge in [0, 0.05) is 26.2 Å². The number of aryl methyl sites for hydroxylation is 2. The lowest BCUT2D eigenvalue weighted by atomic mass is 10.2. The molecule has 0 heterocycles. The standard InChI is InChI=1S/C17H28N4O2S.HI/c1-13-8-9-14(2)16(12-13)24(22,23)20-11-10-19-17(18-3)21-15-6-4-5-7-15;/h8-9,12,15,20H,4-7,10-11H2,1-3H3,(H2,18,19,21);1H. The van der Waals surface area contributed by atoms with Crippen molar-refractivity contribution >= 4 is 40.0 Å². The van der Waals surface area contributed by atoms with Gasteiger partial charge in [-0.15, -0.1) is 24.0 Å². The normalized spacial score (nSPS) is 15.7. The van der Waals surface area contributed by atoms with E-state index in [9.17, 15) is 8.42 Å². The Bertz CT molecular complexity index is 686. The predicted molar refractivity (Wildman–Crippen MR) is 113 cm³/mol. The van der Waals surface area contributed by atoms with Gasteiger partial charge in [-0.05, 0) is 43.9 Å². The summed E-state index contributed by atoms with van der Waals surface area (Å²) in [4.78, 5) is 4.53. The number of hydrogen-bond donors (Lipinski definition) is 3. The van der Waals surface area contributed by atoms with Gasteiger partial charge in [0.2, 0.25) is 10.0 Å². The van der Waals surface area contributed by atoms with E-state index in [1.165, 1.54) is 25.7 Å². The Morgan fingerprint density at radius 2 is 1.88 bits per heavy atom. The first-order valence-corrected chi connectivity index (χ1v) is 9.95. The zero-order chi connectivity index (χ0) is 17.6. The molecule has 0 amide bonds. The third-order valence-corrected chi connectivity index (χ3v) is 5.87. The number of rotatable bonds is 6. The number of nitrogens with zero attached hydrogens (tertiary/aromatic N) is 1. The van der Waals surface area contributed by atoms with Crippen LogP contribution in [-0.2, 0) is 10.0 Å². The van der Waals surface area contributed by atoms with E-state index in [0.717, 1.165) is 17.1 Å². The van der Waals surface area contributed by atoms with Crippen molar-refractivity contribution in [3.63, 3.8) is 0 Å². The van der Waals surface area contributed by atoms with Crippen molar-refractivity contribution in [2.75, 3.05) is 20.1 Å². The summed E-state index contributed by atoms with van der Waals surface area (Å²) in [5, 5.41) is 6.53. The minimum Gasteiger partial charge on any atom is -0.355 e. The highest BCUT2D eigenvalue weighted by molar-refractivity contribution is 14.0. The topological polar surface area (TPSA) is 82.6 Å². The van der Waals surface area contributed by atoms with E-state index < -0.39 is 10.0 Å². The lowest BCUT2D eigenvalue weighted by molar-refractivity contribution is 0.578. The SMILES string of the molecule is CN=C(NCCNS(=O)(=O)c1cc(C)ccc1C)NC1CCCC1.I. The summed E-state index contributed by atoms with van der Waals surface area (Å²) in [5.74, 6) is 0.729. The fourth-order valence-electron chi connectivity index (χ4n) is 2.90. The molecule has 142 valence electrons. The molecule has 0 unspecified atom stereocenters. The van der Waals surface area contributed by atoms with E-state index in [0.29, 0.717) is 24.0 Å². The minimum atomic E-state index is -3.49. The maximum Gasteiger partial charge on any atom is 0.240 e. The molecule has 1 aliphatic carbocycles. The summed E-state index contributed by atoms with van der Waals surface area (Å²) in [5.41, 5.74) is 1.68. The smallest absolute Gasteiger partial charge is 0.240 e. The van der Waals surface area contributed by atoms with Crippen LogP contribution in [0.25, 0.3) is 0 Å². The Kier molecular flexibility index (Phi) is 9.15. The van der Waals surface area contributed by atoms with Crippen molar-refractivity contribution < 1.29 is 8.42 Å². The summed E-state index contributed by atoms with van der Waals surface area (Å²) in [6, 6.07) is 5.92. The molecule has 0 atom stereocenters. The lowest BCUT2D eigenvalue weighted by Gasteiger charge is -2.17. The molecule has 1 aromatic rings. The molecule has 25 heavy (non-hydrogen) atoms. The van der Waals surface area contributed by atoms with Crippen LogP contribution in [-0.4, -0.2) is 40.6 Å². The number of hydrogen-bond acceptors (Lipinski definition) is 3. The Labute approximate surface area is 168 Å². The van der Waals surface area contributed by atoms with Gasteiger partial charge in [0.15, 0.2) is 5.96 Å². The van der Waals surface area contributed by atoms with Gasteiger partial charge >= 0.3 is 0 Å². The number of sulfonamides is 1. The van der Waals surface area contributed by atoms with E-state index in [1.807, 2.05) is 19.1 Å². The number of halogens is 1. The van der Waals surface area contributed by atoms with Gasteiger partial charge in [-0.3, -0.25) is 4.99 Å². The maximum absolute atomic E-state index is 12.4. The van der Waals surface area contributed by atoms with E-state index >= 15 is 0 Å². The van der Waals surface area contributed by atoms with Crippen molar-refractivity contribution in [2.24, 2.45) is 4.99 Å². The number of guanidine groups is 1. The van der Waals surface area contributed by atoms with Crippen LogP contribution >= 0.6 is 24.0 Å². The molecule has 3 N–H and O–H groups in total. The lowest BCUT2D eigenvalue weighted by Crippen LogP contribution is -2.44. The van der Waals surface area contributed by atoms with Crippen molar-refractivity contribution in [1.82, 2.24) is 15.4 Å². The van der Waals surface area contributed by atoms with Crippen LogP contribution in [0.3, 0.4) is 0 Å². The summed E-state index contributed by atoms with van der Waals surface area (Å²) in [6.07, 6.45) is 4.84. The van der Waals surface area contributed by atoms with Crippen molar-refractivity contribution in [3.8, 4) is 0 Å². The molecule has 0 bridgehead atoms. The highest BCUT2D eigenvalue weighted by Crippen LogP contribution is 2.17. The molecule has 1 aliphatic rings. The predicted octanol–water partition coefficient (Wildman–Crippen LogP) is 2.31. The average molecular weight is 480 g/mol. The molecule has 0 spiro atoms.